The lowest BCUT2D eigenvalue weighted by Crippen LogP contribution is -2.24. The van der Waals surface area contributed by atoms with Crippen LogP contribution in [0.15, 0.2) is 10.6 Å². The molecule has 1 aromatic heterocycles. The van der Waals surface area contributed by atoms with Crippen molar-refractivity contribution < 1.29 is 19.2 Å². The van der Waals surface area contributed by atoms with Crippen molar-refractivity contribution in [2.45, 2.75) is 25.8 Å². The van der Waals surface area contributed by atoms with Gasteiger partial charge in [-0.05, 0) is 24.7 Å². The summed E-state index contributed by atoms with van der Waals surface area (Å²) >= 11 is 0. The quantitative estimate of drug-likeness (QED) is 0.727. The van der Waals surface area contributed by atoms with Gasteiger partial charge in [0.1, 0.15) is 0 Å². The molecule has 0 aromatic carbocycles. The van der Waals surface area contributed by atoms with E-state index in [4.69, 9.17) is 14.4 Å². The van der Waals surface area contributed by atoms with E-state index in [1.54, 1.807) is 7.11 Å². The summed E-state index contributed by atoms with van der Waals surface area (Å²) in [4.78, 5) is 10.6. The summed E-state index contributed by atoms with van der Waals surface area (Å²) in [6.45, 7) is 2.20. The second-order valence-electron chi connectivity index (χ2n) is 4.83. The Labute approximate surface area is 105 Å². The van der Waals surface area contributed by atoms with Gasteiger partial charge in [-0.2, -0.15) is 0 Å². The zero-order valence-corrected chi connectivity index (χ0v) is 10.4. The predicted octanol–water partition coefficient (Wildman–Crippen LogP) is 1.28. The van der Waals surface area contributed by atoms with E-state index in [-0.39, 0.29) is 5.69 Å². The Morgan fingerprint density at radius 2 is 2.44 bits per heavy atom. The van der Waals surface area contributed by atoms with Crippen LogP contribution in [-0.2, 0) is 11.3 Å². The summed E-state index contributed by atoms with van der Waals surface area (Å²) in [7, 11) is 1.71. The molecule has 1 saturated carbocycles. The number of hydrogen-bond acceptors (Lipinski definition) is 5. The number of ether oxygens (including phenoxy) is 1. The predicted molar refractivity (Wildman–Crippen MR) is 63.3 cm³/mol. The van der Waals surface area contributed by atoms with Crippen molar-refractivity contribution in [1.29, 1.82) is 0 Å². The van der Waals surface area contributed by atoms with Crippen molar-refractivity contribution in [3.63, 3.8) is 0 Å². The lowest BCUT2D eigenvalue weighted by Gasteiger charge is -2.14. The fraction of sp³-hybridized carbons (Fsp3) is 0.667. The number of aromatic nitrogens is 1. The van der Waals surface area contributed by atoms with Crippen molar-refractivity contribution in [2.75, 3.05) is 20.3 Å². The summed E-state index contributed by atoms with van der Waals surface area (Å²) < 4.78 is 10.0. The highest BCUT2D eigenvalue weighted by Crippen LogP contribution is 2.48. The standard InChI is InChI=1S/C12H18N2O4/c1-17-5-4-12(2-3-12)8-13-7-9-6-10(11(15)16)14-18-9/h6,13H,2-5,7-8H2,1H3,(H,15,16). The number of carboxylic acids is 1. The van der Waals surface area contributed by atoms with Gasteiger partial charge in [-0.1, -0.05) is 5.16 Å². The number of carboxylic acid groups (broad SMARTS) is 1. The summed E-state index contributed by atoms with van der Waals surface area (Å²) in [5.74, 6) is -0.515. The maximum absolute atomic E-state index is 10.6. The highest BCUT2D eigenvalue weighted by atomic mass is 16.5. The Morgan fingerprint density at radius 1 is 1.67 bits per heavy atom. The van der Waals surface area contributed by atoms with E-state index in [0.29, 0.717) is 17.7 Å². The van der Waals surface area contributed by atoms with E-state index in [9.17, 15) is 4.79 Å². The molecule has 2 rings (SSSR count). The third kappa shape index (κ3) is 3.30. The molecule has 1 aliphatic carbocycles. The number of aromatic carboxylic acids is 1. The Bertz CT molecular complexity index is 412. The lowest BCUT2D eigenvalue weighted by atomic mass is 10.0. The van der Waals surface area contributed by atoms with Gasteiger partial charge in [-0.25, -0.2) is 4.79 Å². The Hall–Kier alpha value is -1.40. The largest absolute Gasteiger partial charge is 0.476 e. The van der Waals surface area contributed by atoms with E-state index >= 15 is 0 Å². The maximum atomic E-state index is 10.6. The second-order valence-corrected chi connectivity index (χ2v) is 4.83. The third-order valence-electron chi connectivity index (χ3n) is 3.37. The van der Waals surface area contributed by atoms with Gasteiger partial charge in [0.05, 0.1) is 6.54 Å². The van der Waals surface area contributed by atoms with Crippen LogP contribution in [0.1, 0.15) is 35.5 Å². The highest BCUT2D eigenvalue weighted by Gasteiger charge is 2.41. The van der Waals surface area contributed by atoms with Gasteiger partial charge in [0, 0.05) is 26.3 Å². The van der Waals surface area contributed by atoms with Crippen molar-refractivity contribution in [2.24, 2.45) is 5.41 Å². The van der Waals surface area contributed by atoms with Gasteiger partial charge >= 0.3 is 5.97 Å². The molecule has 100 valence electrons. The van der Waals surface area contributed by atoms with Crippen LogP contribution in [0.3, 0.4) is 0 Å². The van der Waals surface area contributed by atoms with E-state index in [1.165, 1.54) is 18.9 Å². The van der Waals surface area contributed by atoms with Crippen molar-refractivity contribution in [1.82, 2.24) is 10.5 Å². The maximum Gasteiger partial charge on any atom is 0.358 e. The molecule has 1 aliphatic rings. The molecule has 0 unspecified atom stereocenters. The minimum absolute atomic E-state index is 0.0488. The first kappa shape index (κ1) is 13.0. The Kier molecular flexibility index (Phi) is 3.98. The monoisotopic (exact) mass is 254 g/mol. The van der Waals surface area contributed by atoms with E-state index in [0.717, 1.165) is 19.6 Å². The molecule has 1 heterocycles. The van der Waals surface area contributed by atoms with Crippen molar-refractivity contribution >= 4 is 5.97 Å². The molecule has 0 aliphatic heterocycles. The van der Waals surface area contributed by atoms with Gasteiger partial charge in [-0.15, -0.1) is 0 Å². The van der Waals surface area contributed by atoms with Crippen LogP contribution in [0.4, 0.5) is 0 Å². The summed E-state index contributed by atoms with van der Waals surface area (Å²) in [6.07, 6.45) is 3.51. The number of hydrogen-bond donors (Lipinski definition) is 2. The van der Waals surface area contributed by atoms with Gasteiger partial charge in [0.15, 0.2) is 11.5 Å². The summed E-state index contributed by atoms with van der Waals surface area (Å²) in [6, 6.07) is 1.45. The number of nitrogens with zero attached hydrogens (tertiary/aromatic N) is 1. The molecule has 6 nitrogen and oxygen atoms in total. The van der Waals surface area contributed by atoms with Gasteiger partial charge in [-0.3, -0.25) is 0 Å². The fourth-order valence-corrected chi connectivity index (χ4v) is 1.96. The Balaban J connectivity index is 1.73. The third-order valence-corrected chi connectivity index (χ3v) is 3.37. The molecule has 0 saturated heterocycles. The number of methoxy groups -OCH3 is 1. The molecule has 0 radical (unpaired) electrons. The summed E-state index contributed by atoms with van der Waals surface area (Å²) in [5.41, 5.74) is 0.318. The summed E-state index contributed by atoms with van der Waals surface area (Å²) in [5, 5.41) is 15.4. The van der Waals surface area contributed by atoms with Crippen LogP contribution >= 0.6 is 0 Å². The van der Waals surface area contributed by atoms with Crippen molar-refractivity contribution in [3.05, 3.63) is 17.5 Å². The normalized spacial score (nSPS) is 16.7. The minimum atomic E-state index is -1.07. The average Bonchev–Trinajstić information content (AvgIpc) is 2.94. The van der Waals surface area contributed by atoms with Gasteiger partial charge in [0.25, 0.3) is 0 Å². The fourth-order valence-electron chi connectivity index (χ4n) is 1.96. The Morgan fingerprint density at radius 3 is 3.00 bits per heavy atom. The zero-order chi connectivity index (χ0) is 13.0. The topological polar surface area (TPSA) is 84.6 Å². The van der Waals surface area contributed by atoms with Crippen molar-refractivity contribution in [3.8, 4) is 0 Å². The first-order valence-electron chi connectivity index (χ1n) is 6.04. The minimum Gasteiger partial charge on any atom is -0.476 e. The van der Waals surface area contributed by atoms with Crippen LogP contribution < -0.4 is 5.32 Å². The van der Waals surface area contributed by atoms with E-state index in [2.05, 4.69) is 10.5 Å². The average molecular weight is 254 g/mol. The van der Waals surface area contributed by atoms with Crippen LogP contribution in [0.2, 0.25) is 0 Å². The molecule has 1 aromatic rings. The molecule has 2 N–H and O–H groups in total. The first-order chi connectivity index (χ1) is 8.65. The molecule has 0 bridgehead atoms. The lowest BCUT2D eigenvalue weighted by molar-refractivity contribution is 0.0685. The van der Waals surface area contributed by atoms with Gasteiger partial charge < -0.3 is 19.7 Å². The zero-order valence-electron chi connectivity index (χ0n) is 10.4. The van der Waals surface area contributed by atoms with E-state index < -0.39 is 5.97 Å². The number of carbonyl (C=O) groups is 1. The van der Waals surface area contributed by atoms with Crippen LogP contribution in [0.25, 0.3) is 0 Å². The molecular weight excluding hydrogens is 236 g/mol. The molecule has 0 atom stereocenters. The van der Waals surface area contributed by atoms with Crippen LogP contribution in [0, 0.1) is 5.41 Å². The van der Waals surface area contributed by atoms with E-state index in [1.807, 2.05) is 0 Å². The van der Waals surface area contributed by atoms with Gasteiger partial charge in [0.2, 0.25) is 0 Å². The number of nitrogens with one attached hydrogen (secondary N) is 1. The highest BCUT2D eigenvalue weighted by molar-refractivity contribution is 5.85. The molecule has 0 amide bonds. The molecule has 18 heavy (non-hydrogen) atoms. The molecule has 1 fully saturated rings. The first-order valence-corrected chi connectivity index (χ1v) is 6.04. The molecular formula is C12H18N2O4. The smallest absolute Gasteiger partial charge is 0.358 e. The SMILES string of the molecule is COCCC1(CNCc2cc(C(=O)O)no2)CC1. The van der Waals surface area contributed by atoms with Crippen LogP contribution in [-0.4, -0.2) is 36.5 Å². The van der Waals surface area contributed by atoms with Crippen LogP contribution in [0.5, 0.6) is 0 Å². The second kappa shape index (κ2) is 5.49. The number of rotatable bonds is 8. The molecule has 0 spiro atoms. The molecule has 6 heteroatoms.